The number of nitrogens with zero attached hydrogens (tertiary/aromatic N) is 3. The quantitative estimate of drug-likeness (QED) is 0.657. The van der Waals surface area contributed by atoms with Crippen molar-refractivity contribution in [2.75, 3.05) is 62.8 Å². The van der Waals surface area contributed by atoms with Gasteiger partial charge in [0.25, 0.3) is 0 Å². The number of nitrogens with one attached hydrogen (secondary N) is 1. The topological polar surface area (TPSA) is 74.3 Å². The van der Waals surface area contributed by atoms with E-state index in [0.29, 0.717) is 26.2 Å². The van der Waals surface area contributed by atoms with Gasteiger partial charge in [0, 0.05) is 50.6 Å². The van der Waals surface area contributed by atoms with Gasteiger partial charge in [0.05, 0.1) is 18.1 Å². The van der Waals surface area contributed by atoms with Crippen LogP contribution >= 0.6 is 12.2 Å². The van der Waals surface area contributed by atoms with Crippen LogP contribution in [-0.2, 0) is 14.3 Å². The van der Waals surface area contributed by atoms with E-state index in [1.54, 1.807) is 4.90 Å². The molecule has 0 aliphatic carbocycles. The van der Waals surface area contributed by atoms with Gasteiger partial charge >= 0.3 is 6.09 Å². The van der Waals surface area contributed by atoms with Gasteiger partial charge in [0.15, 0.2) is 0 Å². The fourth-order valence-corrected chi connectivity index (χ4v) is 3.61. The molecule has 2 heterocycles. The first-order chi connectivity index (χ1) is 14.4. The monoisotopic (exact) mass is 434 g/mol. The van der Waals surface area contributed by atoms with Gasteiger partial charge < -0.3 is 24.6 Å². The molecule has 0 unspecified atom stereocenters. The lowest BCUT2D eigenvalue weighted by Crippen LogP contribution is -2.49. The van der Waals surface area contributed by atoms with E-state index in [2.05, 4.69) is 10.2 Å². The van der Waals surface area contributed by atoms with Crippen molar-refractivity contribution in [1.82, 2.24) is 10.2 Å². The van der Waals surface area contributed by atoms with Crippen molar-refractivity contribution < 1.29 is 19.1 Å². The number of hydrogen-bond donors (Lipinski definition) is 1. The van der Waals surface area contributed by atoms with Gasteiger partial charge in [-0.2, -0.15) is 0 Å². The summed E-state index contributed by atoms with van der Waals surface area (Å²) in [6.45, 7) is 8.08. The van der Waals surface area contributed by atoms with Crippen LogP contribution in [-0.4, -0.2) is 81.0 Å². The summed E-state index contributed by atoms with van der Waals surface area (Å²) in [5.41, 5.74) is 1.89. The Morgan fingerprint density at radius 2 is 1.83 bits per heavy atom. The summed E-state index contributed by atoms with van der Waals surface area (Å²) >= 11 is 5.28. The molecule has 0 bridgehead atoms. The smallest absolute Gasteiger partial charge is 0.414 e. The summed E-state index contributed by atoms with van der Waals surface area (Å²) in [6.07, 6.45) is -0.568. The number of piperazine rings is 1. The Morgan fingerprint density at radius 3 is 2.43 bits per heavy atom. The number of rotatable bonds is 7. The Balaban J connectivity index is 1.53. The number of cyclic esters (lactones) is 1. The Bertz CT molecular complexity index is 763. The van der Waals surface area contributed by atoms with Gasteiger partial charge in [-0.25, -0.2) is 4.79 Å². The highest BCUT2D eigenvalue weighted by Crippen LogP contribution is 2.25. The van der Waals surface area contributed by atoms with Crippen LogP contribution in [0.25, 0.3) is 0 Å². The second-order valence-corrected chi connectivity index (χ2v) is 8.27. The number of benzene rings is 1. The fraction of sp³-hybridized carbons (Fsp3) is 0.571. The van der Waals surface area contributed by atoms with Gasteiger partial charge in [0.1, 0.15) is 12.7 Å². The fourth-order valence-electron chi connectivity index (χ4n) is 3.53. The average Bonchev–Trinajstić information content (AvgIpc) is 3.13. The van der Waals surface area contributed by atoms with E-state index < -0.39 is 0 Å². The van der Waals surface area contributed by atoms with Crippen LogP contribution in [0.3, 0.4) is 0 Å². The molecule has 8 nitrogen and oxygen atoms in total. The average molecular weight is 435 g/mol. The standard InChI is InChI=1S/C21H30N4O4S/c1-15(2)20(30)22-12-18-13-25(21(27)29-18)17-6-4-16(5-7-17)23-8-10-24(11-9-23)19(26)14-28-3/h4-7,15,18H,8-14H2,1-3H3,(H,22,30)/t18-/m0/s1. The minimum atomic E-state index is -0.338. The maximum absolute atomic E-state index is 12.3. The summed E-state index contributed by atoms with van der Waals surface area (Å²) in [7, 11) is 1.53. The molecule has 0 radical (unpaired) electrons. The first-order valence-electron chi connectivity index (χ1n) is 10.3. The van der Waals surface area contributed by atoms with Crippen molar-refractivity contribution in [1.29, 1.82) is 0 Å². The summed E-state index contributed by atoms with van der Waals surface area (Å²) in [5, 5.41) is 3.17. The molecule has 1 aromatic carbocycles. The summed E-state index contributed by atoms with van der Waals surface area (Å²) < 4.78 is 10.4. The van der Waals surface area contributed by atoms with E-state index in [-0.39, 0.29) is 30.6 Å². The molecule has 0 aromatic heterocycles. The number of hydrogen-bond acceptors (Lipinski definition) is 6. The lowest BCUT2D eigenvalue weighted by atomic mass is 10.2. The molecule has 0 spiro atoms. The minimum absolute atomic E-state index is 0.0262. The predicted octanol–water partition coefficient (Wildman–Crippen LogP) is 1.88. The summed E-state index contributed by atoms with van der Waals surface area (Å²) in [4.78, 5) is 30.7. The normalized spacial score (nSPS) is 19.3. The molecule has 1 atom stereocenters. The Labute approximate surface area is 183 Å². The highest BCUT2D eigenvalue weighted by atomic mass is 32.1. The molecular formula is C21H30N4O4S. The number of methoxy groups -OCH3 is 1. The summed E-state index contributed by atoms with van der Waals surface area (Å²) in [6, 6.07) is 7.89. The molecule has 9 heteroatoms. The van der Waals surface area contributed by atoms with Crippen molar-refractivity contribution >= 4 is 40.6 Å². The Kier molecular flexibility index (Phi) is 7.49. The van der Waals surface area contributed by atoms with E-state index in [1.165, 1.54) is 7.11 Å². The van der Waals surface area contributed by atoms with Gasteiger partial charge in [-0.1, -0.05) is 26.1 Å². The molecule has 2 saturated heterocycles. The first kappa shape index (κ1) is 22.3. The Hall–Kier alpha value is -2.39. The zero-order valence-corrected chi connectivity index (χ0v) is 18.6. The Morgan fingerprint density at radius 1 is 1.20 bits per heavy atom. The molecular weight excluding hydrogens is 404 g/mol. The zero-order valence-electron chi connectivity index (χ0n) is 17.8. The lowest BCUT2D eigenvalue weighted by Gasteiger charge is -2.36. The maximum Gasteiger partial charge on any atom is 0.414 e. The molecule has 30 heavy (non-hydrogen) atoms. The van der Waals surface area contributed by atoms with E-state index in [0.717, 1.165) is 29.5 Å². The SMILES string of the molecule is COCC(=O)N1CCN(c2ccc(N3C[C@H](CNC(=S)C(C)C)OC3=O)cc2)CC1. The third kappa shape index (κ3) is 5.40. The van der Waals surface area contributed by atoms with Gasteiger partial charge in [0.2, 0.25) is 5.91 Å². The highest BCUT2D eigenvalue weighted by Gasteiger charge is 2.32. The molecule has 2 aliphatic heterocycles. The molecule has 1 aromatic rings. The van der Waals surface area contributed by atoms with Crippen molar-refractivity contribution in [3.05, 3.63) is 24.3 Å². The van der Waals surface area contributed by atoms with Crippen LogP contribution in [0.2, 0.25) is 0 Å². The van der Waals surface area contributed by atoms with Crippen molar-refractivity contribution in [3.63, 3.8) is 0 Å². The molecule has 3 rings (SSSR count). The number of ether oxygens (including phenoxy) is 2. The van der Waals surface area contributed by atoms with Crippen LogP contribution in [0.15, 0.2) is 24.3 Å². The summed E-state index contributed by atoms with van der Waals surface area (Å²) in [5.74, 6) is 0.291. The molecule has 0 saturated carbocycles. The van der Waals surface area contributed by atoms with Crippen molar-refractivity contribution in [3.8, 4) is 0 Å². The van der Waals surface area contributed by atoms with E-state index in [4.69, 9.17) is 21.7 Å². The van der Waals surface area contributed by atoms with Crippen LogP contribution in [0.1, 0.15) is 13.8 Å². The van der Waals surface area contributed by atoms with E-state index >= 15 is 0 Å². The van der Waals surface area contributed by atoms with Crippen molar-refractivity contribution in [2.45, 2.75) is 20.0 Å². The van der Waals surface area contributed by atoms with Gasteiger partial charge in [-0.05, 0) is 24.3 Å². The van der Waals surface area contributed by atoms with Crippen LogP contribution < -0.4 is 15.1 Å². The molecule has 2 aliphatic rings. The minimum Gasteiger partial charge on any atom is -0.442 e. The molecule has 2 fully saturated rings. The maximum atomic E-state index is 12.3. The highest BCUT2D eigenvalue weighted by molar-refractivity contribution is 7.80. The molecule has 164 valence electrons. The van der Waals surface area contributed by atoms with Crippen molar-refractivity contribution in [2.24, 2.45) is 5.92 Å². The number of thiocarbonyl (C=S) groups is 1. The van der Waals surface area contributed by atoms with Crippen LogP contribution in [0.5, 0.6) is 0 Å². The third-order valence-corrected chi connectivity index (χ3v) is 5.94. The first-order valence-corrected chi connectivity index (χ1v) is 10.7. The number of carbonyl (C=O) groups is 2. The second kappa shape index (κ2) is 10.1. The van der Waals surface area contributed by atoms with Crippen LogP contribution in [0.4, 0.5) is 16.2 Å². The second-order valence-electron chi connectivity index (χ2n) is 7.83. The number of amides is 2. The number of carbonyl (C=O) groups excluding carboxylic acids is 2. The van der Waals surface area contributed by atoms with Gasteiger partial charge in [-0.3, -0.25) is 9.69 Å². The van der Waals surface area contributed by atoms with Crippen LogP contribution in [0, 0.1) is 5.92 Å². The number of anilines is 2. The van der Waals surface area contributed by atoms with E-state index in [9.17, 15) is 9.59 Å². The predicted molar refractivity (Wildman–Crippen MR) is 120 cm³/mol. The molecule has 2 amide bonds. The molecule has 1 N–H and O–H groups in total. The van der Waals surface area contributed by atoms with E-state index in [1.807, 2.05) is 43.0 Å². The largest absolute Gasteiger partial charge is 0.442 e. The lowest BCUT2D eigenvalue weighted by molar-refractivity contribution is -0.135. The third-order valence-electron chi connectivity index (χ3n) is 5.33. The zero-order chi connectivity index (χ0) is 21.7. The van der Waals surface area contributed by atoms with Gasteiger partial charge in [-0.15, -0.1) is 0 Å².